The molecule has 1 rings (SSSR count). The lowest BCUT2D eigenvalue weighted by molar-refractivity contribution is 0.269. The predicted molar refractivity (Wildman–Crippen MR) is 65.7 cm³/mol. The van der Waals surface area contributed by atoms with Crippen molar-refractivity contribution < 1.29 is 8.78 Å². The molecule has 1 aromatic rings. The van der Waals surface area contributed by atoms with Crippen molar-refractivity contribution in [1.29, 1.82) is 0 Å². The molecular formula is C12H19F2N3. The van der Waals surface area contributed by atoms with E-state index >= 15 is 0 Å². The molecule has 3 nitrogen and oxygen atoms in total. The summed E-state index contributed by atoms with van der Waals surface area (Å²) in [6, 6.07) is 0.743. The van der Waals surface area contributed by atoms with Gasteiger partial charge in [0.2, 0.25) is 0 Å². The van der Waals surface area contributed by atoms with Gasteiger partial charge in [-0.2, -0.15) is 0 Å². The zero-order chi connectivity index (χ0) is 13.2. The molecule has 0 aromatic carbocycles. The molecule has 5 heteroatoms. The number of pyridine rings is 1. The van der Waals surface area contributed by atoms with Crippen LogP contribution in [0.15, 0.2) is 6.07 Å². The number of hydrogen-bond acceptors (Lipinski definition) is 3. The van der Waals surface area contributed by atoms with Gasteiger partial charge in [-0.1, -0.05) is 27.7 Å². The van der Waals surface area contributed by atoms with Crippen LogP contribution >= 0.6 is 0 Å². The Balaban J connectivity index is 2.80. The molecule has 17 heavy (non-hydrogen) atoms. The van der Waals surface area contributed by atoms with Crippen LogP contribution in [0.1, 0.15) is 27.7 Å². The van der Waals surface area contributed by atoms with Gasteiger partial charge in [0.25, 0.3) is 0 Å². The molecule has 3 N–H and O–H groups in total. The van der Waals surface area contributed by atoms with Gasteiger partial charge in [0.1, 0.15) is 0 Å². The summed E-state index contributed by atoms with van der Waals surface area (Å²) in [4.78, 5) is 3.65. The van der Waals surface area contributed by atoms with Gasteiger partial charge in [0.15, 0.2) is 23.3 Å². The van der Waals surface area contributed by atoms with E-state index in [4.69, 9.17) is 5.73 Å². The van der Waals surface area contributed by atoms with Crippen LogP contribution in [0.25, 0.3) is 0 Å². The number of aromatic nitrogens is 1. The molecule has 0 atom stereocenters. The van der Waals surface area contributed by atoms with E-state index in [0.29, 0.717) is 12.5 Å². The number of nitrogens with one attached hydrogen (secondary N) is 1. The fraction of sp³-hybridized carbons (Fsp3) is 0.583. The molecule has 1 heterocycles. The molecule has 0 saturated carbocycles. The summed E-state index contributed by atoms with van der Waals surface area (Å²) in [5.41, 5.74) is 5.28. The Morgan fingerprint density at radius 1 is 1.35 bits per heavy atom. The van der Waals surface area contributed by atoms with Crippen LogP contribution in [0.2, 0.25) is 0 Å². The van der Waals surface area contributed by atoms with Gasteiger partial charge in [-0.15, -0.1) is 0 Å². The topological polar surface area (TPSA) is 50.9 Å². The molecule has 1 aromatic heterocycles. The summed E-state index contributed by atoms with van der Waals surface area (Å²) in [6.45, 7) is 8.85. The second-order valence-electron chi connectivity index (χ2n) is 5.18. The summed E-state index contributed by atoms with van der Waals surface area (Å²) in [5.74, 6) is -1.43. The van der Waals surface area contributed by atoms with Crippen LogP contribution in [-0.2, 0) is 0 Å². The van der Waals surface area contributed by atoms with Crippen molar-refractivity contribution in [3.8, 4) is 0 Å². The van der Waals surface area contributed by atoms with E-state index < -0.39 is 11.6 Å². The Labute approximate surface area is 100 Å². The third-order valence-corrected chi connectivity index (χ3v) is 3.23. The minimum atomic E-state index is -0.837. The molecule has 96 valence electrons. The summed E-state index contributed by atoms with van der Waals surface area (Å²) in [7, 11) is 0. The standard InChI is InChI=1S/C12H19F2N3/c1-7(2)12(3,4)6-16-11-9(14)5-8(13)10(15)17-11/h5,7H,6H2,1-4H3,(H3,15,16,17). The van der Waals surface area contributed by atoms with Gasteiger partial charge in [-0.05, 0) is 11.3 Å². The maximum atomic E-state index is 13.4. The zero-order valence-electron chi connectivity index (χ0n) is 10.6. The second-order valence-corrected chi connectivity index (χ2v) is 5.18. The van der Waals surface area contributed by atoms with Crippen LogP contribution in [0, 0.1) is 23.0 Å². The first-order valence-electron chi connectivity index (χ1n) is 5.59. The number of hydrogen-bond donors (Lipinski definition) is 2. The third kappa shape index (κ3) is 3.28. The molecule has 0 spiro atoms. The number of nitrogens with two attached hydrogens (primary N) is 1. The summed E-state index contributed by atoms with van der Waals surface area (Å²) in [6.07, 6.45) is 0. The van der Waals surface area contributed by atoms with Gasteiger partial charge in [0, 0.05) is 12.6 Å². The van der Waals surface area contributed by atoms with Crippen molar-refractivity contribution in [2.24, 2.45) is 11.3 Å². The van der Waals surface area contributed by atoms with E-state index in [1.807, 2.05) is 0 Å². The smallest absolute Gasteiger partial charge is 0.168 e. The summed E-state index contributed by atoms with van der Waals surface area (Å²) < 4.78 is 26.3. The molecule has 0 saturated heterocycles. The second kappa shape index (κ2) is 4.85. The molecule has 0 aliphatic heterocycles. The van der Waals surface area contributed by atoms with Crippen molar-refractivity contribution in [3.05, 3.63) is 17.7 Å². The Kier molecular flexibility index (Phi) is 3.91. The predicted octanol–water partition coefficient (Wildman–Crippen LogP) is 3.04. The summed E-state index contributed by atoms with van der Waals surface area (Å²) >= 11 is 0. The molecule has 0 amide bonds. The van der Waals surface area contributed by atoms with E-state index in [9.17, 15) is 8.78 Å². The minimum absolute atomic E-state index is 0.00220. The number of anilines is 2. The number of rotatable bonds is 4. The SMILES string of the molecule is CC(C)C(C)(C)CNc1nc(N)c(F)cc1F. The molecule has 0 radical (unpaired) electrons. The number of nitrogen functional groups attached to an aromatic ring is 1. The first kappa shape index (κ1) is 13.7. The van der Waals surface area contributed by atoms with E-state index in [2.05, 4.69) is 38.0 Å². The highest BCUT2D eigenvalue weighted by Gasteiger charge is 2.23. The Bertz CT molecular complexity index is 403. The van der Waals surface area contributed by atoms with E-state index in [1.54, 1.807) is 0 Å². The van der Waals surface area contributed by atoms with Gasteiger partial charge < -0.3 is 11.1 Å². The Morgan fingerprint density at radius 3 is 2.47 bits per heavy atom. The monoisotopic (exact) mass is 243 g/mol. The van der Waals surface area contributed by atoms with Crippen LogP contribution < -0.4 is 11.1 Å². The molecule has 0 unspecified atom stereocenters. The summed E-state index contributed by atoms with van der Waals surface area (Å²) in [5, 5.41) is 2.87. The van der Waals surface area contributed by atoms with Gasteiger partial charge in [-0.25, -0.2) is 13.8 Å². The fourth-order valence-electron chi connectivity index (χ4n) is 1.12. The van der Waals surface area contributed by atoms with Crippen LogP contribution in [0.5, 0.6) is 0 Å². The van der Waals surface area contributed by atoms with Crippen molar-refractivity contribution in [1.82, 2.24) is 4.98 Å². The van der Waals surface area contributed by atoms with Crippen molar-refractivity contribution in [2.45, 2.75) is 27.7 Å². The number of halogens is 2. The van der Waals surface area contributed by atoms with Crippen LogP contribution in [0.4, 0.5) is 20.4 Å². The van der Waals surface area contributed by atoms with Crippen LogP contribution in [0.3, 0.4) is 0 Å². The maximum absolute atomic E-state index is 13.4. The van der Waals surface area contributed by atoms with Gasteiger partial charge in [-0.3, -0.25) is 0 Å². The first-order valence-corrected chi connectivity index (χ1v) is 5.59. The highest BCUT2D eigenvalue weighted by atomic mass is 19.1. The van der Waals surface area contributed by atoms with Crippen molar-refractivity contribution in [2.75, 3.05) is 17.6 Å². The highest BCUT2D eigenvalue weighted by molar-refractivity contribution is 5.44. The largest absolute Gasteiger partial charge is 0.381 e. The van der Waals surface area contributed by atoms with Gasteiger partial charge >= 0.3 is 0 Å². The van der Waals surface area contributed by atoms with Crippen molar-refractivity contribution in [3.63, 3.8) is 0 Å². The van der Waals surface area contributed by atoms with E-state index in [1.165, 1.54) is 0 Å². The lowest BCUT2D eigenvalue weighted by atomic mass is 9.81. The average Bonchev–Trinajstić information content (AvgIpc) is 2.21. The van der Waals surface area contributed by atoms with E-state index in [0.717, 1.165) is 6.07 Å². The molecule has 0 aliphatic carbocycles. The first-order chi connectivity index (χ1) is 7.74. The molecule has 0 bridgehead atoms. The van der Waals surface area contributed by atoms with Gasteiger partial charge in [0.05, 0.1) is 0 Å². The number of nitrogens with zero attached hydrogens (tertiary/aromatic N) is 1. The third-order valence-electron chi connectivity index (χ3n) is 3.23. The Morgan fingerprint density at radius 2 is 1.94 bits per heavy atom. The minimum Gasteiger partial charge on any atom is -0.381 e. The molecule has 0 aliphatic rings. The quantitative estimate of drug-likeness (QED) is 0.854. The molecule has 0 fully saturated rings. The maximum Gasteiger partial charge on any atom is 0.168 e. The normalized spacial score (nSPS) is 11.9. The molecular weight excluding hydrogens is 224 g/mol. The Hall–Kier alpha value is -1.39. The fourth-order valence-corrected chi connectivity index (χ4v) is 1.12. The average molecular weight is 243 g/mol. The highest BCUT2D eigenvalue weighted by Crippen LogP contribution is 2.27. The van der Waals surface area contributed by atoms with Crippen molar-refractivity contribution >= 4 is 11.6 Å². The zero-order valence-corrected chi connectivity index (χ0v) is 10.6. The van der Waals surface area contributed by atoms with E-state index in [-0.39, 0.29) is 17.1 Å². The lowest BCUT2D eigenvalue weighted by Gasteiger charge is -2.29. The lowest BCUT2D eigenvalue weighted by Crippen LogP contribution is -2.29. The van der Waals surface area contributed by atoms with Crippen LogP contribution in [-0.4, -0.2) is 11.5 Å².